The van der Waals surface area contributed by atoms with Crippen LogP contribution in [0.15, 0.2) is 52.6 Å². The van der Waals surface area contributed by atoms with E-state index in [4.69, 9.17) is 23.7 Å². The van der Waals surface area contributed by atoms with E-state index in [9.17, 15) is 34.5 Å². The Kier molecular flexibility index (Phi) is 21.6. The SMILES string of the molecule is CN=C1[C@H](C)C[C@H](C)/C=C/C=C/C=C(\C)[C@@H](OC)C[C@@H]2CC[C@@H](C)[C@@](O)(O2)C(=O)C(=O)N2CCCC[C@H]2C(=O)O[C@H]([C@H](C)C[C@@H]2CC[C@@H](O)[C@H](OC)C2)CC(=O)[C@H](C)/C=C(\C)[C@@H](O)[C@H]1OC. The number of hydrogen-bond donors (Lipinski definition) is 3. The van der Waals surface area contributed by atoms with Crippen molar-refractivity contribution < 1.29 is 58.2 Å². The average Bonchev–Trinajstić information content (AvgIpc) is 3.29. The fraction of sp³-hybridized carbons (Fsp3) is 0.750. The number of aliphatic imine (C=N–C) groups is 1. The van der Waals surface area contributed by atoms with Crippen LogP contribution in [0.2, 0.25) is 0 Å². The third kappa shape index (κ3) is 14.3. The predicted octanol–water partition coefficient (Wildman–Crippen LogP) is 6.68. The molecule has 4 aliphatic rings. The van der Waals surface area contributed by atoms with Gasteiger partial charge < -0.3 is 43.9 Å². The van der Waals surface area contributed by atoms with Crippen LogP contribution >= 0.6 is 0 Å². The zero-order valence-corrected chi connectivity index (χ0v) is 41.6. The highest BCUT2D eigenvalue weighted by Gasteiger charge is 2.53. The number of allylic oxidation sites excluding steroid dienone is 6. The second-order valence-corrected chi connectivity index (χ2v) is 19.8. The Morgan fingerprint density at radius 1 is 0.879 bits per heavy atom. The molecule has 2 saturated heterocycles. The third-order valence-corrected chi connectivity index (χ3v) is 14.8. The molecular formula is C52H82N2O12. The van der Waals surface area contributed by atoms with E-state index in [2.05, 4.69) is 24.9 Å². The number of esters is 1. The molecule has 14 heteroatoms. The minimum Gasteiger partial charge on any atom is -0.460 e. The number of carbonyl (C=O) groups excluding carboxylic acids is 4. The molecule has 66 heavy (non-hydrogen) atoms. The standard InChI is InChI=1S/C52H82N2O12/c1-31-17-13-12-14-18-32(2)43(62-9)29-39-22-20-37(7)52(61,66-39)49(58)50(59)54-24-16-15-19-40(54)51(60)65-44(34(4)27-38-21-23-41(55)45(28-38)63-10)30-42(56)33(3)26-36(6)47(57)48(64-11)46(53-8)35(5)25-31/h12-14,17-18,26,31,33-35,37-41,43-45,47-48,55,57,61H,15-16,19-25,27-30H2,1-11H3/b14-12+,17-13+,32-18+,36-26+,53-46?/t31-,33-,34-,35-,37-,38+,39+,40+,41-,43+,44+,45-,47-,48+,52-/m1/s1. The van der Waals surface area contributed by atoms with Crippen LogP contribution in [0, 0.1) is 35.5 Å². The molecule has 3 fully saturated rings. The average molecular weight is 927 g/mol. The number of aliphatic hydroxyl groups excluding tert-OH is 2. The number of amides is 1. The fourth-order valence-corrected chi connectivity index (χ4v) is 10.5. The maximum Gasteiger partial charge on any atom is 0.329 e. The monoisotopic (exact) mass is 927 g/mol. The minimum atomic E-state index is -2.42. The van der Waals surface area contributed by atoms with E-state index >= 15 is 0 Å². The number of piperidine rings is 1. The normalized spacial score (nSPS) is 40.6. The number of methoxy groups -OCH3 is 3. The summed E-state index contributed by atoms with van der Waals surface area (Å²) >= 11 is 0. The van der Waals surface area contributed by atoms with Gasteiger partial charge in [-0.25, -0.2) is 4.79 Å². The maximum atomic E-state index is 14.4. The van der Waals surface area contributed by atoms with Crippen molar-refractivity contribution in [2.24, 2.45) is 40.5 Å². The number of carbonyl (C=O) groups is 4. The molecule has 0 unspecified atom stereocenters. The number of nitrogens with zero attached hydrogens (tertiary/aromatic N) is 2. The first-order chi connectivity index (χ1) is 31.3. The lowest BCUT2D eigenvalue weighted by Crippen LogP contribution is -2.61. The molecule has 0 aromatic carbocycles. The van der Waals surface area contributed by atoms with Crippen LogP contribution in [-0.2, 0) is 42.9 Å². The second kappa shape index (κ2) is 25.8. The van der Waals surface area contributed by atoms with Crippen LogP contribution in [0.5, 0.6) is 0 Å². The maximum absolute atomic E-state index is 14.4. The van der Waals surface area contributed by atoms with Crippen LogP contribution in [0.1, 0.15) is 126 Å². The summed E-state index contributed by atoms with van der Waals surface area (Å²) in [6.07, 6.45) is 12.8. The highest BCUT2D eigenvalue weighted by molar-refractivity contribution is 6.39. The largest absolute Gasteiger partial charge is 0.460 e. The van der Waals surface area contributed by atoms with E-state index in [1.54, 1.807) is 48.1 Å². The molecule has 1 saturated carbocycles. The van der Waals surface area contributed by atoms with Crippen molar-refractivity contribution in [2.75, 3.05) is 34.9 Å². The van der Waals surface area contributed by atoms with Gasteiger partial charge in [0.15, 0.2) is 0 Å². The van der Waals surface area contributed by atoms with Crippen molar-refractivity contribution in [3.63, 3.8) is 0 Å². The molecule has 0 aromatic rings. The summed E-state index contributed by atoms with van der Waals surface area (Å²) in [5.74, 6) is -6.90. The summed E-state index contributed by atoms with van der Waals surface area (Å²) in [5.41, 5.74) is 2.16. The summed E-state index contributed by atoms with van der Waals surface area (Å²) in [6.45, 7) is 13.4. The van der Waals surface area contributed by atoms with Gasteiger partial charge in [0.2, 0.25) is 5.79 Å². The first-order valence-corrected chi connectivity index (χ1v) is 24.4. The lowest BCUT2D eigenvalue weighted by molar-refractivity contribution is -0.265. The van der Waals surface area contributed by atoms with Crippen molar-refractivity contribution >= 4 is 29.2 Å². The van der Waals surface area contributed by atoms with Crippen molar-refractivity contribution in [3.05, 3.63) is 47.6 Å². The van der Waals surface area contributed by atoms with E-state index in [-0.39, 0.29) is 54.9 Å². The molecule has 15 atom stereocenters. The van der Waals surface area contributed by atoms with Gasteiger partial charge in [0.1, 0.15) is 30.1 Å². The number of rotatable bonds is 6. The molecule has 1 aliphatic carbocycles. The van der Waals surface area contributed by atoms with Gasteiger partial charge in [-0.2, -0.15) is 0 Å². The van der Waals surface area contributed by atoms with Gasteiger partial charge in [-0.15, -0.1) is 0 Å². The summed E-state index contributed by atoms with van der Waals surface area (Å²) in [7, 11) is 6.41. The smallest absolute Gasteiger partial charge is 0.329 e. The number of cyclic esters (lactones) is 1. The minimum absolute atomic E-state index is 0.0393. The van der Waals surface area contributed by atoms with Crippen molar-refractivity contribution in [2.45, 2.75) is 180 Å². The second-order valence-electron chi connectivity index (χ2n) is 19.8. The van der Waals surface area contributed by atoms with Crippen LogP contribution in [0.25, 0.3) is 0 Å². The van der Waals surface area contributed by atoms with Gasteiger partial charge in [0, 0.05) is 65.3 Å². The highest BCUT2D eigenvalue weighted by atomic mass is 16.6. The number of ether oxygens (including phenoxy) is 5. The molecule has 0 spiro atoms. The summed E-state index contributed by atoms with van der Waals surface area (Å²) < 4.78 is 29.8. The van der Waals surface area contributed by atoms with Crippen LogP contribution < -0.4 is 0 Å². The lowest BCUT2D eigenvalue weighted by Gasteiger charge is -2.42. The zero-order valence-electron chi connectivity index (χ0n) is 41.6. The molecule has 2 bridgehead atoms. The summed E-state index contributed by atoms with van der Waals surface area (Å²) in [4.78, 5) is 62.9. The number of Topliss-reactive ketones (excluding diaryl/α,β-unsaturated/α-hetero) is 2. The van der Waals surface area contributed by atoms with Crippen molar-refractivity contribution in [1.82, 2.24) is 4.90 Å². The topological polar surface area (TPSA) is 191 Å². The lowest BCUT2D eigenvalue weighted by atomic mass is 9.78. The van der Waals surface area contributed by atoms with E-state index in [1.165, 1.54) is 12.0 Å². The van der Waals surface area contributed by atoms with Crippen LogP contribution in [-0.4, -0.2) is 139 Å². The molecule has 14 nitrogen and oxygen atoms in total. The molecule has 3 aliphatic heterocycles. The van der Waals surface area contributed by atoms with Gasteiger partial charge >= 0.3 is 5.97 Å². The van der Waals surface area contributed by atoms with E-state index in [1.807, 2.05) is 38.2 Å². The van der Waals surface area contributed by atoms with Crippen molar-refractivity contribution in [1.29, 1.82) is 0 Å². The van der Waals surface area contributed by atoms with Crippen molar-refractivity contribution in [3.8, 4) is 0 Å². The number of ketones is 2. The number of hydrogen-bond acceptors (Lipinski definition) is 13. The molecule has 4 rings (SSSR count). The molecule has 3 heterocycles. The van der Waals surface area contributed by atoms with Gasteiger partial charge in [-0.05, 0) is 113 Å². The Hall–Kier alpha value is -3.37. The molecule has 1 amide bonds. The van der Waals surface area contributed by atoms with E-state index in [0.29, 0.717) is 62.7 Å². The summed E-state index contributed by atoms with van der Waals surface area (Å²) in [6, 6.07) is -1.12. The molecule has 3 N–H and O–H groups in total. The Labute approximate surface area is 394 Å². The highest BCUT2D eigenvalue weighted by Crippen LogP contribution is 2.38. The molecular weight excluding hydrogens is 845 g/mol. The first kappa shape index (κ1) is 55.2. The molecule has 0 radical (unpaired) electrons. The Morgan fingerprint density at radius 2 is 1.61 bits per heavy atom. The van der Waals surface area contributed by atoms with Crippen LogP contribution in [0.4, 0.5) is 0 Å². The predicted molar refractivity (Wildman–Crippen MR) is 253 cm³/mol. The zero-order chi connectivity index (χ0) is 48.9. The van der Waals surface area contributed by atoms with Crippen LogP contribution in [0.3, 0.4) is 0 Å². The number of aliphatic hydroxyl groups is 3. The Balaban J connectivity index is 1.72. The fourth-order valence-electron chi connectivity index (χ4n) is 10.5. The Bertz CT molecular complexity index is 1790. The molecule has 372 valence electrons. The van der Waals surface area contributed by atoms with Gasteiger partial charge in [0.05, 0.1) is 24.4 Å². The number of fused-ring (bicyclic) bond motifs is 3. The van der Waals surface area contributed by atoms with Gasteiger partial charge in [0.25, 0.3) is 11.7 Å². The Morgan fingerprint density at radius 3 is 2.27 bits per heavy atom. The van der Waals surface area contributed by atoms with Gasteiger partial charge in [-0.3, -0.25) is 19.4 Å². The van der Waals surface area contributed by atoms with E-state index in [0.717, 1.165) is 18.4 Å². The molecule has 0 aromatic heterocycles. The van der Waals surface area contributed by atoms with Gasteiger partial charge in [-0.1, -0.05) is 71.1 Å². The summed E-state index contributed by atoms with van der Waals surface area (Å²) in [5, 5.41) is 34.2. The quantitative estimate of drug-likeness (QED) is 0.146. The first-order valence-electron chi connectivity index (χ1n) is 24.4. The van der Waals surface area contributed by atoms with E-state index < -0.39 is 77.9 Å². The third-order valence-electron chi connectivity index (χ3n) is 14.8.